The van der Waals surface area contributed by atoms with Gasteiger partial charge in [-0.1, -0.05) is 19.1 Å². The van der Waals surface area contributed by atoms with E-state index < -0.39 is 6.10 Å². The summed E-state index contributed by atoms with van der Waals surface area (Å²) >= 11 is 0. The molecule has 1 fully saturated rings. The van der Waals surface area contributed by atoms with Crippen LogP contribution in [0, 0.1) is 5.92 Å². The van der Waals surface area contributed by atoms with Crippen LogP contribution < -0.4 is 4.74 Å². The Hall–Kier alpha value is -1.06. The van der Waals surface area contributed by atoms with E-state index in [1.165, 1.54) is 25.7 Å². The van der Waals surface area contributed by atoms with Gasteiger partial charge in [-0.25, -0.2) is 0 Å². The molecule has 0 spiro atoms. The van der Waals surface area contributed by atoms with Gasteiger partial charge >= 0.3 is 0 Å². The van der Waals surface area contributed by atoms with Crippen LogP contribution in [-0.4, -0.2) is 36.8 Å². The van der Waals surface area contributed by atoms with Crippen molar-refractivity contribution < 1.29 is 9.84 Å². The lowest BCUT2D eigenvalue weighted by Crippen LogP contribution is -2.37. The Labute approximate surface area is 122 Å². The zero-order chi connectivity index (χ0) is 14.5. The van der Waals surface area contributed by atoms with Crippen molar-refractivity contribution in [2.24, 2.45) is 5.92 Å². The molecule has 3 nitrogen and oxygen atoms in total. The molecule has 20 heavy (non-hydrogen) atoms. The lowest BCUT2D eigenvalue weighted by molar-refractivity contribution is 0.0856. The fourth-order valence-electron chi connectivity index (χ4n) is 3.06. The van der Waals surface area contributed by atoms with E-state index in [4.69, 9.17) is 4.74 Å². The van der Waals surface area contributed by atoms with Gasteiger partial charge in [0.15, 0.2) is 0 Å². The predicted octanol–water partition coefficient (Wildman–Crippen LogP) is 3.24. The van der Waals surface area contributed by atoms with Crippen LogP contribution in [0.3, 0.4) is 0 Å². The Morgan fingerprint density at radius 2 is 2.00 bits per heavy atom. The predicted molar refractivity (Wildman–Crippen MR) is 82.0 cm³/mol. The van der Waals surface area contributed by atoms with Gasteiger partial charge in [-0.15, -0.1) is 0 Å². The van der Waals surface area contributed by atoms with Gasteiger partial charge in [0.2, 0.25) is 0 Å². The molecule has 1 saturated carbocycles. The molecule has 0 bridgehead atoms. The highest BCUT2D eigenvalue weighted by Crippen LogP contribution is 2.28. The van der Waals surface area contributed by atoms with Crippen molar-refractivity contribution in [3.8, 4) is 5.75 Å². The van der Waals surface area contributed by atoms with Crippen molar-refractivity contribution in [1.82, 2.24) is 4.90 Å². The van der Waals surface area contributed by atoms with Gasteiger partial charge in [0, 0.05) is 12.6 Å². The molecular weight excluding hydrogens is 250 g/mol. The van der Waals surface area contributed by atoms with Crippen molar-refractivity contribution in [2.45, 2.75) is 44.8 Å². The first-order chi connectivity index (χ1) is 9.60. The van der Waals surface area contributed by atoms with E-state index >= 15 is 0 Å². The van der Waals surface area contributed by atoms with Crippen LogP contribution in [0.2, 0.25) is 0 Å². The summed E-state index contributed by atoms with van der Waals surface area (Å²) in [5, 5.41) is 10.4. The second kappa shape index (κ2) is 7.09. The average molecular weight is 277 g/mol. The van der Waals surface area contributed by atoms with E-state index in [0.29, 0.717) is 12.6 Å². The van der Waals surface area contributed by atoms with Crippen molar-refractivity contribution >= 4 is 0 Å². The average Bonchev–Trinajstić information content (AvgIpc) is 2.47. The summed E-state index contributed by atoms with van der Waals surface area (Å²) in [5.41, 5.74) is 0.931. The fraction of sp³-hybridized carbons (Fsp3) is 0.647. The smallest absolute Gasteiger partial charge is 0.119 e. The molecule has 0 amide bonds. The van der Waals surface area contributed by atoms with Gasteiger partial charge in [-0.3, -0.25) is 0 Å². The Morgan fingerprint density at radius 1 is 1.30 bits per heavy atom. The molecule has 0 saturated heterocycles. The maximum Gasteiger partial charge on any atom is 0.119 e. The molecule has 1 unspecified atom stereocenters. The van der Waals surface area contributed by atoms with Gasteiger partial charge < -0.3 is 14.7 Å². The third-order valence-corrected chi connectivity index (χ3v) is 4.55. The number of hydrogen-bond donors (Lipinski definition) is 1. The molecule has 0 aliphatic heterocycles. The summed E-state index contributed by atoms with van der Waals surface area (Å²) in [7, 11) is 3.78. The summed E-state index contributed by atoms with van der Waals surface area (Å²) in [4.78, 5) is 2.32. The minimum Gasteiger partial charge on any atom is -0.497 e. The molecule has 3 heteroatoms. The van der Waals surface area contributed by atoms with Crippen molar-refractivity contribution in [3.63, 3.8) is 0 Å². The number of likely N-dealkylation sites (N-methyl/N-ethyl adjacent to an activating group) is 1. The molecule has 0 radical (unpaired) electrons. The van der Waals surface area contributed by atoms with Crippen molar-refractivity contribution in [2.75, 3.05) is 20.7 Å². The van der Waals surface area contributed by atoms with Crippen LogP contribution in [0.15, 0.2) is 24.3 Å². The zero-order valence-electron chi connectivity index (χ0n) is 12.9. The van der Waals surface area contributed by atoms with Crippen LogP contribution in [0.1, 0.15) is 44.3 Å². The van der Waals surface area contributed by atoms with E-state index in [-0.39, 0.29) is 0 Å². The summed E-state index contributed by atoms with van der Waals surface area (Å²) in [5.74, 6) is 1.67. The van der Waals surface area contributed by atoms with Crippen molar-refractivity contribution in [1.29, 1.82) is 0 Å². The SMILES string of the molecule is COc1cccc(C(O)CN(C)C2CCC(C)CC2)c1. The topological polar surface area (TPSA) is 32.7 Å². The van der Waals surface area contributed by atoms with Crippen LogP contribution >= 0.6 is 0 Å². The lowest BCUT2D eigenvalue weighted by atomic mass is 9.86. The van der Waals surface area contributed by atoms with E-state index in [2.05, 4.69) is 18.9 Å². The fourth-order valence-corrected chi connectivity index (χ4v) is 3.06. The number of aliphatic hydroxyl groups is 1. The van der Waals surface area contributed by atoms with Crippen LogP contribution in [0.5, 0.6) is 5.75 Å². The number of nitrogens with zero attached hydrogens (tertiary/aromatic N) is 1. The summed E-state index contributed by atoms with van der Waals surface area (Å²) in [6, 6.07) is 8.33. The van der Waals surface area contributed by atoms with Crippen LogP contribution in [0.25, 0.3) is 0 Å². The Kier molecular flexibility index (Phi) is 5.44. The minimum absolute atomic E-state index is 0.450. The molecule has 0 heterocycles. The van der Waals surface area contributed by atoms with E-state index in [0.717, 1.165) is 17.2 Å². The van der Waals surface area contributed by atoms with Gasteiger partial charge in [0.05, 0.1) is 13.2 Å². The molecule has 1 N–H and O–H groups in total. The van der Waals surface area contributed by atoms with Gasteiger partial charge in [0.25, 0.3) is 0 Å². The number of rotatable bonds is 5. The molecule has 1 aromatic rings. The molecule has 1 aromatic carbocycles. The molecule has 0 aromatic heterocycles. The molecule has 1 atom stereocenters. The van der Waals surface area contributed by atoms with Gasteiger partial charge in [0.1, 0.15) is 5.75 Å². The van der Waals surface area contributed by atoms with Gasteiger partial charge in [-0.05, 0) is 56.3 Å². The third-order valence-electron chi connectivity index (χ3n) is 4.55. The summed E-state index contributed by atoms with van der Waals surface area (Å²) in [6.45, 7) is 3.02. The second-order valence-corrected chi connectivity index (χ2v) is 6.15. The second-order valence-electron chi connectivity index (χ2n) is 6.15. The first-order valence-electron chi connectivity index (χ1n) is 7.62. The number of ether oxygens (including phenoxy) is 1. The Balaban J connectivity index is 1.91. The molecular formula is C17H27NO2. The maximum atomic E-state index is 10.4. The van der Waals surface area contributed by atoms with Crippen LogP contribution in [-0.2, 0) is 0 Å². The Morgan fingerprint density at radius 3 is 2.65 bits per heavy atom. The van der Waals surface area contributed by atoms with Gasteiger partial charge in [-0.2, -0.15) is 0 Å². The first kappa shape index (κ1) is 15.3. The molecule has 112 valence electrons. The number of benzene rings is 1. The molecule has 1 aliphatic rings. The van der Waals surface area contributed by atoms with Crippen LogP contribution in [0.4, 0.5) is 0 Å². The maximum absolute atomic E-state index is 10.4. The lowest BCUT2D eigenvalue weighted by Gasteiger charge is -2.34. The standard InChI is InChI=1S/C17H27NO2/c1-13-7-9-15(10-8-13)18(2)12-17(19)14-5-4-6-16(11-14)20-3/h4-6,11,13,15,17,19H,7-10,12H2,1-3H3. The highest BCUT2D eigenvalue weighted by molar-refractivity contribution is 5.29. The third kappa shape index (κ3) is 3.97. The summed E-state index contributed by atoms with van der Waals surface area (Å²) in [6.07, 6.45) is 4.67. The summed E-state index contributed by atoms with van der Waals surface area (Å²) < 4.78 is 5.21. The Bertz CT molecular complexity index is 413. The number of methoxy groups -OCH3 is 1. The monoisotopic (exact) mass is 277 g/mol. The highest BCUT2D eigenvalue weighted by atomic mass is 16.5. The molecule has 1 aliphatic carbocycles. The highest BCUT2D eigenvalue weighted by Gasteiger charge is 2.23. The largest absolute Gasteiger partial charge is 0.497 e. The number of aliphatic hydroxyl groups excluding tert-OH is 1. The van der Waals surface area contributed by atoms with E-state index in [1.807, 2.05) is 24.3 Å². The number of hydrogen-bond acceptors (Lipinski definition) is 3. The molecule has 2 rings (SSSR count). The van der Waals surface area contributed by atoms with E-state index in [1.54, 1.807) is 7.11 Å². The zero-order valence-corrected chi connectivity index (χ0v) is 12.9. The quantitative estimate of drug-likeness (QED) is 0.897. The van der Waals surface area contributed by atoms with Crippen molar-refractivity contribution in [3.05, 3.63) is 29.8 Å². The minimum atomic E-state index is -0.450. The normalized spacial score (nSPS) is 24.6. The first-order valence-corrected chi connectivity index (χ1v) is 7.62. The van der Waals surface area contributed by atoms with E-state index in [9.17, 15) is 5.11 Å².